The van der Waals surface area contributed by atoms with Crippen LogP contribution in [-0.2, 0) is 16.6 Å². The lowest BCUT2D eigenvalue weighted by molar-refractivity contribution is -0.146. The smallest absolute Gasteiger partial charge is 0.328 e. The molecule has 160 valence electrons. The molecule has 3 rings (SSSR count). The van der Waals surface area contributed by atoms with Crippen molar-refractivity contribution in [3.05, 3.63) is 47.8 Å². The van der Waals surface area contributed by atoms with Crippen LogP contribution in [0.25, 0.3) is 0 Å². The molecule has 1 aliphatic carbocycles. The van der Waals surface area contributed by atoms with Crippen LogP contribution >= 0.6 is 0 Å². The molecule has 0 radical (unpaired) electrons. The Morgan fingerprint density at radius 1 is 1.07 bits per heavy atom. The minimum absolute atomic E-state index is 0.155. The van der Waals surface area contributed by atoms with Crippen molar-refractivity contribution in [3.63, 3.8) is 0 Å². The lowest BCUT2D eigenvalue weighted by Gasteiger charge is -2.30. The van der Waals surface area contributed by atoms with Gasteiger partial charge in [0, 0.05) is 24.8 Å². The number of nitrogens with zero attached hydrogens (tertiary/aromatic N) is 2. The van der Waals surface area contributed by atoms with Crippen LogP contribution in [0.1, 0.15) is 61.5 Å². The summed E-state index contributed by atoms with van der Waals surface area (Å²) in [5.41, 5.74) is 1.12. The molecule has 1 aromatic carbocycles. The van der Waals surface area contributed by atoms with Gasteiger partial charge in [-0.05, 0) is 69.2 Å². The van der Waals surface area contributed by atoms with Crippen LogP contribution in [0.15, 0.2) is 36.5 Å². The summed E-state index contributed by atoms with van der Waals surface area (Å²) in [7, 11) is 1.72. The number of rotatable bonds is 6. The van der Waals surface area contributed by atoms with Crippen molar-refractivity contribution in [2.75, 3.05) is 5.32 Å². The first-order valence-corrected chi connectivity index (χ1v) is 10.1. The van der Waals surface area contributed by atoms with Gasteiger partial charge in [-0.15, -0.1) is 0 Å². The van der Waals surface area contributed by atoms with Gasteiger partial charge in [0.05, 0.1) is 0 Å². The largest absolute Gasteiger partial charge is 0.480 e. The number of aromatic nitrogens is 2. The summed E-state index contributed by atoms with van der Waals surface area (Å²) >= 11 is 0. The second-order valence-corrected chi connectivity index (χ2v) is 8.38. The first-order valence-electron chi connectivity index (χ1n) is 10.1. The molecule has 0 aliphatic heterocycles. The highest BCUT2D eigenvalue weighted by molar-refractivity contribution is 6.03. The molecule has 30 heavy (non-hydrogen) atoms. The highest BCUT2D eigenvalue weighted by Crippen LogP contribution is 2.36. The van der Waals surface area contributed by atoms with Gasteiger partial charge in [0.2, 0.25) is 5.91 Å². The summed E-state index contributed by atoms with van der Waals surface area (Å²) in [5, 5.41) is 18.7. The fourth-order valence-electron chi connectivity index (χ4n) is 3.78. The van der Waals surface area contributed by atoms with Crippen molar-refractivity contribution >= 4 is 23.5 Å². The quantitative estimate of drug-likeness (QED) is 0.675. The molecule has 1 aliphatic rings. The number of nitrogens with one attached hydrogen (secondary N) is 2. The summed E-state index contributed by atoms with van der Waals surface area (Å²) in [6.45, 7) is 2.99. The zero-order valence-corrected chi connectivity index (χ0v) is 17.5. The number of amides is 2. The van der Waals surface area contributed by atoms with E-state index in [0.29, 0.717) is 17.3 Å². The number of aliphatic carboxylic acids is 1. The molecule has 3 N–H and O–H groups in total. The Labute approximate surface area is 175 Å². The maximum atomic E-state index is 12.4. The molecule has 0 atom stereocenters. The number of benzene rings is 1. The van der Waals surface area contributed by atoms with Gasteiger partial charge in [-0.2, -0.15) is 5.10 Å². The highest BCUT2D eigenvalue weighted by atomic mass is 16.4. The van der Waals surface area contributed by atoms with Gasteiger partial charge in [-0.25, -0.2) is 4.79 Å². The van der Waals surface area contributed by atoms with Crippen LogP contribution in [0, 0.1) is 5.92 Å². The van der Waals surface area contributed by atoms with Crippen LogP contribution in [0.5, 0.6) is 0 Å². The van der Waals surface area contributed by atoms with Gasteiger partial charge in [0.25, 0.3) is 5.91 Å². The third kappa shape index (κ3) is 4.87. The molecule has 2 aromatic rings. The van der Waals surface area contributed by atoms with Gasteiger partial charge in [0.1, 0.15) is 11.2 Å². The van der Waals surface area contributed by atoms with E-state index in [9.17, 15) is 19.5 Å². The molecule has 0 saturated heterocycles. The normalized spacial score (nSPS) is 19.2. The lowest BCUT2D eigenvalue weighted by Crippen LogP contribution is -2.51. The van der Waals surface area contributed by atoms with Crippen molar-refractivity contribution in [1.29, 1.82) is 0 Å². The fourth-order valence-corrected chi connectivity index (χ4v) is 3.78. The van der Waals surface area contributed by atoms with Gasteiger partial charge in [0.15, 0.2) is 0 Å². The van der Waals surface area contributed by atoms with Crippen LogP contribution in [0.3, 0.4) is 0 Å². The Bertz CT molecular complexity index is 925. The number of carbonyl (C=O) groups is 3. The van der Waals surface area contributed by atoms with E-state index in [2.05, 4.69) is 15.7 Å². The van der Waals surface area contributed by atoms with Crippen molar-refractivity contribution < 1.29 is 19.5 Å². The van der Waals surface area contributed by atoms with E-state index in [4.69, 9.17) is 0 Å². The van der Waals surface area contributed by atoms with E-state index in [1.807, 2.05) is 24.3 Å². The molecule has 1 heterocycles. The maximum Gasteiger partial charge on any atom is 0.328 e. The van der Waals surface area contributed by atoms with Crippen LogP contribution in [0.4, 0.5) is 5.69 Å². The second-order valence-electron chi connectivity index (χ2n) is 8.38. The Morgan fingerprint density at radius 3 is 2.23 bits per heavy atom. The van der Waals surface area contributed by atoms with Gasteiger partial charge in [-0.3, -0.25) is 14.3 Å². The second kappa shape index (κ2) is 8.69. The third-order valence-electron chi connectivity index (χ3n) is 5.76. The molecule has 1 fully saturated rings. The van der Waals surface area contributed by atoms with Crippen molar-refractivity contribution in [3.8, 4) is 0 Å². The van der Waals surface area contributed by atoms with E-state index in [0.717, 1.165) is 25.7 Å². The molecular weight excluding hydrogens is 384 g/mol. The minimum atomic E-state index is -1.26. The predicted molar refractivity (Wildman–Crippen MR) is 112 cm³/mol. The van der Waals surface area contributed by atoms with Crippen molar-refractivity contribution in [2.24, 2.45) is 13.0 Å². The summed E-state index contributed by atoms with van der Waals surface area (Å²) in [4.78, 5) is 35.9. The van der Waals surface area contributed by atoms with Gasteiger partial charge in [-0.1, -0.05) is 12.1 Å². The zero-order chi connectivity index (χ0) is 21.9. The average Bonchev–Trinajstić information content (AvgIpc) is 3.14. The number of aryl methyl sites for hydroxylation is 1. The summed E-state index contributed by atoms with van der Waals surface area (Å²) in [6.07, 6.45) is 4.77. The molecule has 2 amide bonds. The number of anilines is 1. The van der Waals surface area contributed by atoms with E-state index < -0.39 is 11.5 Å². The molecule has 0 bridgehead atoms. The first-order chi connectivity index (χ1) is 14.2. The topological polar surface area (TPSA) is 113 Å². The Hall–Kier alpha value is -3.16. The van der Waals surface area contributed by atoms with E-state index in [1.54, 1.807) is 19.3 Å². The molecule has 1 aromatic heterocycles. The molecule has 8 heteroatoms. The number of carboxylic acids is 1. The van der Waals surface area contributed by atoms with Gasteiger partial charge >= 0.3 is 5.97 Å². The summed E-state index contributed by atoms with van der Waals surface area (Å²) in [5.74, 6) is -1.24. The summed E-state index contributed by atoms with van der Waals surface area (Å²) < 4.78 is 1.52. The highest BCUT2D eigenvalue weighted by Gasteiger charge is 2.33. The number of carbonyl (C=O) groups excluding carboxylic acids is 2. The van der Waals surface area contributed by atoms with E-state index in [-0.39, 0.29) is 17.7 Å². The third-order valence-corrected chi connectivity index (χ3v) is 5.76. The lowest BCUT2D eigenvalue weighted by atomic mass is 9.78. The van der Waals surface area contributed by atoms with E-state index in [1.165, 1.54) is 24.1 Å². The molecule has 0 unspecified atom stereocenters. The SMILES string of the molecule is Cn1nccc1C(=O)Nc1ccc([C@H]2CC[C@H](C(=O)NC(C)(C)C(=O)O)CC2)cc1. The van der Waals surface area contributed by atoms with Crippen molar-refractivity contribution in [1.82, 2.24) is 15.1 Å². The first kappa shape index (κ1) is 21.5. The average molecular weight is 412 g/mol. The number of hydrogen-bond acceptors (Lipinski definition) is 4. The molecule has 1 saturated carbocycles. The minimum Gasteiger partial charge on any atom is -0.480 e. The fraction of sp³-hybridized carbons (Fsp3) is 0.455. The maximum absolute atomic E-state index is 12.4. The van der Waals surface area contributed by atoms with Crippen LogP contribution < -0.4 is 10.6 Å². The summed E-state index contributed by atoms with van der Waals surface area (Å²) in [6, 6.07) is 9.46. The van der Waals surface area contributed by atoms with Crippen LogP contribution in [0.2, 0.25) is 0 Å². The monoisotopic (exact) mass is 412 g/mol. The van der Waals surface area contributed by atoms with Crippen LogP contribution in [-0.4, -0.2) is 38.2 Å². The standard InChI is InChI=1S/C22H28N4O4/c1-22(2,21(29)30)25-19(27)16-6-4-14(5-7-16)15-8-10-17(11-9-15)24-20(28)18-12-13-23-26(18)3/h8-14,16H,4-7H2,1-3H3,(H,24,28)(H,25,27)(H,29,30)/t14-,16-. The molecular formula is C22H28N4O4. The Balaban J connectivity index is 1.53. The molecule has 0 spiro atoms. The zero-order valence-electron chi connectivity index (χ0n) is 17.5. The number of hydrogen-bond donors (Lipinski definition) is 3. The Morgan fingerprint density at radius 2 is 1.70 bits per heavy atom. The predicted octanol–water partition coefficient (Wildman–Crippen LogP) is 2.93. The van der Waals surface area contributed by atoms with Gasteiger partial charge < -0.3 is 15.7 Å². The number of carboxylic acid groups (broad SMARTS) is 1. The Kier molecular flexibility index (Phi) is 6.24. The van der Waals surface area contributed by atoms with Crippen molar-refractivity contribution in [2.45, 2.75) is 51.0 Å². The molecule has 8 nitrogen and oxygen atoms in total. The van der Waals surface area contributed by atoms with E-state index >= 15 is 0 Å².